The van der Waals surface area contributed by atoms with Gasteiger partial charge >= 0.3 is 11.9 Å². The van der Waals surface area contributed by atoms with Gasteiger partial charge in [-0.15, -0.1) is 0 Å². The number of aromatic nitrogens is 3. The summed E-state index contributed by atoms with van der Waals surface area (Å²) in [5.41, 5.74) is 1.06. The third-order valence-electron chi connectivity index (χ3n) is 3.04. The number of imidazole rings is 1. The standard InChI is InChI=1S/C14H9N3O4/c18-13(19)8-5-10-11(6-9(8)14(20)21)17-12(16-10)7-1-3-15-4-2-7/h1-6H,(H,16,17)(H,18,19)(H,20,21). The topological polar surface area (TPSA) is 116 Å². The van der Waals surface area contributed by atoms with Gasteiger partial charge < -0.3 is 15.2 Å². The number of rotatable bonds is 3. The van der Waals surface area contributed by atoms with E-state index in [0.29, 0.717) is 16.9 Å². The number of pyridine rings is 1. The molecule has 0 saturated carbocycles. The van der Waals surface area contributed by atoms with E-state index in [1.165, 1.54) is 12.1 Å². The Balaban J connectivity index is 2.23. The van der Waals surface area contributed by atoms with E-state index in [0.717, 1.165) is 5.56 Å². The molecule has 7 heteroatoms. The minimum absolute atomic E-state index is 0.278. The molecule has 0 spiro atoms. The van der Waals surface area contributed by atoms with Crippen molar-refractivity contribution in [3.63, 3.8) is 0 Å². The second-order valence-electron chi connectivity index (χ2n) is 4.35. The second-order valence-corrected chi connectivity index (χ2v) is 4.35. The second kappa shape index (κ2) is 4.71. The quantitative estimate of drug-likeness (QED) is 0.677. The van der Waals surface area contributed by atoms with Gasteiger partial charge in [0.25, 0.3) is 0 Å². The van der Waals surface area contributed by atoms with Crippen molar-refractivity contribution < 1.29 is 19.8 Å². The largest absolute Gasteiger partial charge is 0.478 e. The van der Waals surface area contributed by atoms with Gasteiger partial charge in [0.2, 0.25) is 0 Å². The van der Waals surface area contributed by atoms with Gasteiger partial charge in [0.1, 0.15) is 5.82 Å². The highest BCUT2D eigenvalue weighted by atomic mass is 16.4. The van der Waals surface area contributed by atoms with Gasteiger partial charge in [-0.1, -0.05) is 0 Å². The summed E-state index contributed by atoms with van der Waals surface area (Å²) in [6.07, 6.45) is 3.21. The van der Waals surface area contributed by atoms with Crippen LogP contribution in [-0.4, -0.2) is 37.1 Å². The zero-order chi connectivity index (χ0) is 15.0. The predicted octanol–water partition coefficient (Wildman–Crippen LogP) is 2.02. The first-order chi connectivity index (χ1) is 10.1. The van der Waals surface area contributed by atoms with Gasteiger partial charge in [-0.3, -0.25) is 4.98 Å². The Labute approximate surface area is 117 Å². The van der Waals surface area contributed by atoms with Crippen LogP contribution in [0.1, 0.15) is 20.7 Å². The first kappa shape index (κ1) is 12.8. The third kappa shape index (κ3) is 2.20. The maximum absolute atomic E-state index is 11.1. The summed E-state index contributed by atoms with van der Waals surface area (Å²) in [4.78, 5) is 33.4. The summed E-state index contributed by atoms with van der Waals surface area (Å²) in [7, 11) is 0. The Morgan fingerprint density at radius 2 is 1.62 bits per heavy atom. The smallest absolute Gasteiger partial charge is 0.336 e. The molecule has 0 bridgehead atoms. The van der Waals surface area contributed by atoms with Crippen LogP contribution in [0.2, 0.25) is 0 Å². The molecule has 2 heterocycles. The number of carboxylic acid groups (broad SMARTS) is 2. The van der Waals surface area contributed by atoms with Crippen molar-refractivity contribution in [3.8, 4) is 11.4 Å². The number of hydrogen-bond acceptors (Lipinski definition) is 4. The number of aromatic amines is 1. The maximum Gasteiger partial charge on any atom is 0.336 e. The van der Waals surface area contributed by atoms with Crippen molar-refractivity contribution in [2.75, 3.05) is 0 Å². The van der Waals surface area contributed by atoms with E-state index in [-0.39, 0.29) is 11.1 Å². The lowest BCUT2D eigenvalue weighted by Gasteiger charge is -2.00. The average molecular weight is 283 g/mol. The van der Waals surface area contributed by atoms with E-state index in [9.17, 15) is 9.59 Å². The molecule has 21 heavy (non-hydrogen) atoms. The number of aromatic carboxylic acids is 2. The van der Waals surface area contributed by atoms with Gasteiger partial charge in [0.15, 0.2) is 0 Å². The van der Waals surface area contributed by atoms with E-state index in [1.54, 1.807) is 24.5 Å². The summed E-state index contributed by atoms with van der Waals surface area (Å²) in [5, 5.41) is 18.2. The van der Waals surface area contributed by atoms with E-state index < -0.39 is 11.9 Å². The van der Waals surface area contributed by atoms with Crippen LogP contribution in [0.25, 0.3) is 22.4 Å². The predicted molar refractivity (Wildman–Crippen MR) is 73.2 cm³/mol. The molecule has 0 amide bonds. The van der Waals surface area contributed by atoms with E-state index >= 15 is 0 Å². The number of H-pyrrole nitrogens is 1. The molecular weight excluding hydrogens is 274 g/mol. The monoisotopic (exact) mass is 283 g/mol. The van der Waals surface area contributed by atoms with Crippen molar-refractivity contribution in [1.29, 1.82) is 0 Å². The fraction of sp³-hybridized carbons (Fsp3) is 0. The minimum atomic E-state index is -1.30. The highest BCUT2D eigenvalue weighted by Gasteiger charge is 2.18. The number of carboxylic acids is 2. The SMILES string of the molecule is O=C(O)c1cc2nc(-c3ccncc3)[nH]c2cc1C(=O)O. The van der Waals surface area contributed by atoms with Crippen molar-refractivity contribution in [2.45, 2.75) is 0 Å². The molecule has 104 valence electrons. The molecule has 2 aromatic heterocycles. The normalized spacial score (nSPS) is 10.7. The summed E-state index contributed by atoms with van der Waals surface area (Å²) in [6.45, 7) is 0. The Morgan fingerprint density at radius 3 is 2.24 bits per heavy atom. The van der Waals surface area contributed by atoms with Crippen LogP contribution in [-0.2, 0) is 0 Å². The van der Waals surface area contributed by atoms with Gasteiger partial charge in [0.05, 0.1) is 22.2 Å². The molecule has 0 fully saturated rings. The van der Waals surface area contributed by atoms with Crippen LogP contribution in [0, 0.1) is 0 Å². The van der Waals surface area contributed by atoms with E-state index in [4.69, 9.17) is 10.2 Å². The van der Waals surface area contributed by atoms with Crippen LogP contribution in [0.4, 0.5) is 0 Å². The van der Waals surface area contributed by atoms with Crippen LogP contribution < -0.4 is 0 Å². The van der Waals surface area contributed by atoms with E-state index in [2.05, 4.69) is 15.0 Å². The summed E-state index contributed by atoms with van der Waals surface area (Å²) < 4.78 is 0. The fourth-order valence-electron chi connectivity index (χ4n) is 2.06. The highest BCUT2D eigenvalue weighted by molar-refractivity contribution is 6.05. The Morgan fingerprint density at radius 1 is 1.00 bits per heavy atom. The van der Waals surface area contributed by atoms with Crippen molar-refractivity contribution in [3.05, 3.63) is 47.8 Å². The zero-order valence-electron chi connectivity index (χ0n) is 10.6. The Hall–Kier alpha value is -3.22. The van der Waals surface area contributed by atoms with Crippen molar-refractivity contribution >= 4 is 23.0 Å². The van der Waals surface area contributed by atoms with Crippen LogP contribution in [0.5, 0.6) is 0 Å². The Bertz CT molecular complexity index is 804. The van der Waals surface area contributed by atoms with Crippen LogP contribution >= 0.6 is 0 Å². The molecule has 0 unspecified atom stereocenters. The maximum atomic E-state index is 11.1. The molecule has 0 saturated heterocycles. The molecule has 0 aliphatic carbocycles. The van der Waals surface area contributed by atoms with Crippen molar-refractivity contribution in [2.24, 2.45) is 0 Å². The van der Waals surface area contributed by atoms with Crippen LogP contribution in [0.3, 0.4) is 0 Å². The summed E-state index contributed by atoms with van der Waals surface area (Å²) >= 11 is 0. The lowest BCUT2D eigenvalue weighted by molar-refractivity contribution is 0.0652. The molecule has 3 rings (SSSR count). The third-order valence-corrected chi connectivity index (χ3v) is 3.04. The van der Waals surface area contributed by atoms with Gasteiger partial charge in [-0.05, 0) is 24.3 Å². The molecule has 0 aliphatic rings. The van der Waals surface area contributed by atoms with Gasteiger partial charge in [-0.2, -0.15) is 0 Å². The molecule has 0 aliphatic heterocycles. The van der Waals surface area contributed by atoms with E-state index in [1.807, 2.05) is 0 Å². The number of nitrogens with zero attached hydrogens (tertiary/aromatic N) is 2. The first-order valence-electron chi connectivity index (χ1n) is 5.97. The molecule has 3 aromatic rings. The molecule has 0 atom stereocenters. The van der Waals surface area contributed by atoms with Gasteiger partial charge in [0, 0.05) is 18.0 Å². The number of benzene rings is 1. The molecule has 7 nitrogen and oxygen atoms in total. The molecular formula is C14H9N3O4. The fourth-order valence-corrected chi connectivity index (χ4v) is 2.06. The number of nitrogens with one attached hydrogen (secondary N) is 1. The first-order valence-corrected chi connectivity index (χ1v) is 5.97. The molecule has 3 N–H and O–H groups in total. The average Bonchev–Trinajstić information content (AvgIpc) is 2.89. The Kier molecular flexibility index (Phi) is 2.87. The highest BCUT2D eigenvalue weighted by Crippen LogP contribution is 2.23. The summed E-state index contributed by atoms with van der Waals surface area (Å²) in [5.74, 6) is -2.08. The number of carbonyl (C=O) groups is 2. The van der Waals surface area contributed by atoms with Gasteiger partial charge in [-0.25, -0.2) is 14.6 Å². The lowest BCUT2D eigenvalue weighted by Crippen LogP contribution is -2.07. The zero-order valence-corrected chi connectivity index (χ0v) is 10.6. The van der Waals surface area contributed by atoms with Crippen molar-refractivity contribution in [1.82, 2.24) is 15.0 Å². The lowest BCUT2D eigenvalue weighted by atomic mass is 10.1. The molecule has 1 aromatic carbocycles. The summed E-state index contributed by atoms with van der Waals surface area (Å²) in [6, 6.07) is 6.02. The number of fused-ring (bicyclic) bond motifs is 1. The number of hydrogen-bond donors (Lipinski definition) is 3. The van der Waals surface area contributed by atoms with Crippen LogP contribution in [0.15, 0.2) is 36.7 Å². The molecule has 0 radical (unpaired) electrons. The minimum Gasteiger partial charge on any atom is -0.478 e.